The van der Waals surface area contributed by atoms with Crippen LogP contribution in [0.4, 0.5) is 13.2 Å². The highest BCUT2D eigenvalue weighted by atomic mass is 19.4. The molecule has 0 radical (unpaired) electrons. The number of likely N-dealkylation sites (N-methyl/N-ethyl adjacent to an activating group) is 1. The first-order valence-corrected chi connectivity index (χ1v) is 7.18. The molecule has 1 unspecified atom stereocenters. The lowest BCUT2D eigenvalue weighted by molar-refractivity contribution is -0.144. The van der Waals surface area contributed by atoms with E-state index < -0.39 is 18.2 Å². The van der Waals surface area contributed by atoms with Gasteiger partial charge in [-0.3, -0.25) is 0 Å². The van der Waals surface area contributed by atoms with E-state index in [-0.39, 0.29) is 12.5 Å². The number of nitrogens with one attached hydrogen (secondary N) is 1. The smallest absolute Gasteiger partial charge is 0.377 e. The van der Waals surface area contributed by atoms with Crippen LogP contribution in [0.2, 0.25) is 0 Å². The molecule has 2 nitrogen and oxygen atoms in total. The van der Waals surface area contributed by atoms with Crippen LogP contribution in [0.3, 0.4) is 0 Å². The van der Waals surface area contributed by atoms with E-state index in [1.165, 1.54) is 0 Å². The van der Waals surface area contributed by atoms with Gasteiger partial charge in [0.15, 0.2) is 0 Å². The van der Waals surface area contributed by atoms with Gasteiger partial charge in [0.1, 0.15) is 0 Å². The van der Waals surface area contributed by atoms with Crippen LogP contribution in [0.5, 0.6) is 0 Å². The maximum absolute atomic E-state index is 12.4. The zero-order valence-electron chi connectivity index (χ0n) is 12.1. The van der Waals surface area contributed by atoms with Crippen LogP contribution >= 0.6 is 0 Å². The third-order valence-corrected chi connectivity index (χ3v) is 4.33. The Morgan fingerprint density at radius 2 is 1.89 bits per heavy atom. The van der Waals surface area contributed by atoms with E-state index >= 15 is 0 Å². The van der Waals surface area contributed by atoms with Crippen LogP contribution in [0, 0.1) is 5.92 Å². The fourth-order valence-electron chi connectivity index (χ4n) is 3.05. The second kappa shape index (κ2) is 6.93. The standard InChI is InChI=1S/C14H26F3NO/c1-4-18-12(7-10-14(15,16)17)13(19-3)8-5-11(2)6-9-13/h11-12,18H,4-10H2,1-3H3. The molecule has 19 heavy (non-hydrogen) atoms. The second-order valence-electron chi connectivity index (χ2n) is 5.72. The Balaban J connectivity index is 2.70. The molecule has 1 N–H and O–H groups in total. The van der Waals surface area contributed by atoms with Gasteiger partial charge < -0.3 is 10.1 Å². The van der Waals surface area contributed by atoms with Gasteiger partial charge in [0.2, 0.25) is 0 Å². The van der Waals surface area contributed by atoms with Crippen molar-refractivity contribution in [1.29, 1.82) is 0 Å². The molecule has 0 aromatic heterocycles. The van der Waals surface area contributed by atoms with Gasteiger partial charge in [-0.05, 0) is 44.6 Å². The van der Waals surface area contributed by atoms with Gasteiger partial charge in [-0.25, -0.2) is 0 Å². The third kappa shape index (κ3) is 4.95. The summed E-state index contributed by atoms with van der Waals surface area (Å²) >= 11 is 0. The van der Waals surface area contributed by atoms with Gasteiger partial charge in [-0.15, -0.1) is 0 Å². The van der Waals surface area contributed by atoms with Crippen molar-refractivity contribution >= 4 is 0 Å². The summed E-state index contributed by atoms with van der Waals surface area (Å²) in [6.07, 6.45) is -0.987. The molecule has 0 heterocycles. The average Bonchev–Trinajstić information content (AvgIpc) is 2.35. The number of hydrogen-bond acceptors (Lipinski definition) is 2. The van der Waals surface area contributed by atoms with Crippen molar-refractivity contribution in [1.82, 2.24) is 5.32 Å². The first-order valence-electron chi connectivity index (χ1n) is 7.18. The lowest BCUT2D eigenvalue weighted by atomic mass is 9.74. The summed E-state index contributed by atoms with van der Waals surface area (Å²) in [4.78, 5) is 0. The molecule has 1 saturated carbocycles. The first-order chi connectivity index (χ1) is 8.83. The van der Waals surface area contributed by atoms with Gasteiger partial charge in [0.25, 0.3) is 0 Å². The van der Waals surface area contributed by atoms with Crippen molar-refractivity contribution in [3.8, 4) is 0 Å². The maximum Gasteiger partial charge on any atom is 0.389 e. The fourth-order valence-corrected chi connectivity index (χ4v) is 3.05. The van der Waals surface area contributed by atoms with E-state index in [2.05, 4.69) is 12.2 Å². The van der Waals surface area contributed by atoms with Crippen molar-refractivity contribution in [2.24, 2.45) is 5.92 Å². The molecule has 0 aromatic rings. The van der Waals surface area contributed by atoms with Crippen LogP contribution < -0.4 is 5.32 Å². The van der Waals surface area contributed by atoms with E-state index in [4.69, 9.17) is 4.74 Å². The van der Waals surface area contributed by atoms with Crippen molar-refractivity contribution in [2.75, 3.05) is 13.7 Å². The molecule has 1 atom stereocenters. The highest BCUT2D eigenvalue weighted by Crippen LogP contribution is 2.39. The minimum atomic E-state index is -4.09. The molecule has 1 aliphatic carbocycles. The summed E-state index contributed by atoms with van der Waals surface area (Å²) in [5, 5.41) is 3.21. The Labute approximate surface area is 114 Å². The van der Waals surface area contributed by atoms with Crippen LogP contribution in [-0.2, 0) is 4.74 Å². The van der Waals surface area contributed by atoms with Gasteiger partial charge in [0, 0.05) is 19.6 Å². The molecule has 0 bridgehead atoms. The van der Waals surface area contributed by atoms with Crippen molar-refractivity contribution in [3.63, 3.8) is 0 Å². The van der Waals surface area contributed by atoms with Crippen LogP contribution in [0.1, 0.15) is 52.4 Å². The molecule has 0 saturated heterocycles. The van der Waals surface area contributed by atoms with Gasteiger partial charge in [-0.1, -0.05) is 13.8 Å². The minimum Gasteiger partial charge on any atom is -0.377 e. The highest BCUT2D eigenvalue weighted by Gasteiger charge is 2.42. The zero-order chi connectivity index (χ0) is 14.5. The molecule has 0 spiro atoms. The topological polar surface area (TPSA) is 21.3 Å². The summed E-state index contributed by atoms with van der Waals surface area (Å²) in [5.41, 5.74) is -0.423. The molecule has 1 rings (SSSR count). The monoisotopic (exact) mass is 281 g/mol. The number of methoxy groups -OCH3 is 1. The summed E-state index contributed by atoms with van der Waals surface area (Å²) in [6.45, 7) is 4.79. The van der Waals surface area contributed by atoms with Crippen LogP contribution in [-0.4, -0.2) is 31.5 Å². The van der Waals surface area contributed by atoms with Gasteiger partial charge >= 0.3 is 6.18 Å². The Kier molecular flexibility index (Phi) is 6.12. The lowest BCUT2D eigenvalue weighted by Crippen LogP contribution is -2.54. The van der Waals surface area contributed by atoms with Gasteiger partial charge in [0.05, 0.1) is 5.60 Å². The number of rotatable bonds is 6. The second-order valence-corrected chi connectivity index (χ2v) is 5.72. The number of hydrogen-bond donors (Lipinski definition) is 1. The van der Waals surface area contributed by atoms with E-state index in [9.17, 15) is 13.2 Å². The SMILES string of the molecule is CCNC(CCC(F)(F)F)C1(OC)CCC(C)CC1. The van der Waals surface area contributed by atoms with E-state index in [1.807, 2.05) is 6.92 Å². The van der Waals surface area contributed by atoms with Crippen LogP contribution in [0.15, 0.2) is 0 Å². The fraction of sp³-hybridized carbons (Fsp3) is 1.00. The summed E-state index contributed by atoms with van der Waals surface area (Å²) < 4.78 is 43.0. The normalized spacial score (nSPS) is 30.3. The Hall–Kier alpha value is -0.290. The molecule has 1 aliphatic rings. The lowest BCUT2D eigenvalue weighted by Gasteiger charge is -2.44. The average molecular weight is 281 g/mol. The predicted octanol–water partition coefficient (Wildman–Crippen LogP) is 3.90. The summed E-state index contributed by atoms with van der Waals surface area (Å²) in [5.74, 6) is 0.646. The van der Waals surface area contributed by atoms with Crippen molar-refractivity contribution in [2.45, 2.75) is 70.2 Å². The van der Waals surface area contributed by atoms with Crippen LogP contribution in [0.25, 0.3) is 0 Å². The number of alkyl halides is 3. The summed E-state index contributed by atoms with van der Waals surface area (Å²) in [6, 6.07) is -0.211. The molecule has 1 fully saturated rings. The molecular weight excluding hydrogens is 255 g/mol. The molecule has 0 aliphatic heterocycles. The third-order valence-electron chi connectivity index (χ3n) is 4.33. The van der Waals surface area contributed by atoms with Crippen molar-refractivity contribution in [3.05, 3.63) is 0 Å². The quantitative estimate of drug-likeness (QED) is 0.797. The zero-order valence-corrected chi connectivity index (χ0v) is 12.1. The highest BCUT2D eigenvalue weighted by molar-refractivity contribution is 4.96. The van der Waals surface area contributed by atoms with Gasteiger partial charge in [-0.2, -0.15) is 13.2 Å². The molecule has 0 amide bonds. The first kappa shape index (κ1) is 16.8. The number of ether oxygens (including phenoxy) is 1. The molecule has 0 aromatic carbocycles. The maximum atomic E-state index is 12.4. The Bertz CT molecular complexity index is 260. The number of halogens is 3. The largest absolute Gasteiger partial charge is 0.389 e. The molecular formula is C14H26F3NO. The van der Waals surface area contributed by atoms with E-state index in [0.717, 1.165) is 25.7 Å². The molecule has 5 heteroatoms. The minimum absolute atomic E-state index is 0.0968. The Morgan fingerprint density at radius 3 is 2.32 bits per heavy atom. The summed E-state index contributed by atoms with van der Waals surface area (Å²) in [7, 11) is 1.63. The van der Waals surface area contributed by atoms with Crippen molar-refractivity contribution < 1.29 is 17.9 Å². The van der Waals surface area contributed by atoms with E-state index in [0.29, 0.717) is 12.5 Å². The Morgan fingerprint density at radius 1 is 1.32 bits per heavy atom. The molecule has 114 valence electrons. The predicted molar refractivity (Wildman–Crippen MR) is 70.1 cm³/mol. The van der Waals surface area contributed by atoms with E-state index in [1.54, 1.807) is 7.11 Å².